The summed E-state index contributed by atoms with van der Waals surface area (Å²) in [4.78, 5) is 4.74. The molecule has 6 nitrogen and oxygen atoms in total. The van der Waals surface area contributed by atoms with Gasteiger partial charge in [0.05, 0.1) is 11.5 Å². The van der Waals surface area contributed by atoms with Crippen LogP contribution in [0.5, 0.6) is 0 Å². The smallest absolute Gasteiger partial charge is 0.191 e. The van der Waals surface area contributed by atoms with Crippen molar-refractivity contribution in [2.75, 3.05) is 37.8 Å². The second kappa shape index (κ2) is 9.21. The molecule has 2 heterocycles. The molecule has 3 aliphatic rings. The van der Waals surface area contributed by atoms with Gasteiger partial charge in [-0.25, -0.2) is 8.42 Å². The van der Waals surface area contributed by atoms with E-state index in [1.807, 2.05) is 0 Å². The van der Waals surface area contributed by atoms with Gasteiger partial charge < -0.3 is 15.4 Å². The van der Waals surface area contributed by atoms with Gasteiger partial charge in [-0.1, -0.05) is 19.3 Å². The molecule has 0 aromatic heterocycles. The fourth-order valence-electron chi connectivity index (χ4n) is 4.06. The Morgan fingerprint density at radius 1 is 1.00 bits per heavy atom. The van der Waals surface area contributed by atoms with Crippen molar-refractivity contribution < 1.29 is 13.2 Å². The minimum atomic E-state index is -2.83. The highest BCUT2D eigenvalue weighted by Gasteiger charge is 2.27. The van der Waals surface area contributed by atoms with Gasteiger partial charge in [0.15, 0.2) is 15.8 Å². The van der Waals surface area contributed by atoms with E-state index in [4.69, 9.17) is 9.73 Å². The fourth-order valence-corrected chi connectivity index (χ4v) is 5.91. The normalized spacial score (nSPS) is 28.8. The molecule has 0 aromatic rings. The Morgan fingerprint density at radius 2 is 1.76 bits per heavy atom. The highest BCUT2D eigenvalue weighted by atomic mass is 32.2. The molecule has 1 saturated carbocycles. The molecule has 1 aliphatic carbocycles. The first-order chi connectivity index (χ1) is 12.1. The van der Waals surface area contributed by atoms with E-state index in [9.17, 15) is 8.42 Å². The Labute approximate surface area is 152 Å². The molecule has 3 rings (SSSR count). The monoisotopic (exact) mass is 371 g/mol. The first-order valence-corrected chi connectivity index (χ1v) is 11.8. The summed E-state index contributed by atoms with van der Waals surface area (Å²) < 4.78 is 28.7. The maximum absolute atomic E-state index is 11.6. The van der Waals surface area contributed by atoms with Gasteiger partial charge in [-0.15, -0.1) is 0 Å². The molecule has 0 aromatic carbocycles. The van der Waals surface area contributed by atoms with E-state index < -0.39 is 9.84 Å². The van der Waals surface area contributed by atoms with Crippen molar-refractivity contribution in [1.29, 1.82) is 0 Å². The van der Waals surface area contributed by atoms with E-state index in [1.54, 1.807) is 0 Å². The summed E-state index contributed by atoms with van der Waals surface area (Å²) in [6.07, 6.45) is 9.41. The van der Waals surface area contributed by atoms with Crippen molar-refractivity contribution in [1.82, 2.24) is 10.6 Å². The first kappa shape index (κ1) is 19.0. The Morgan fingerprint density at radius 3 is 2.44 bits per heavy atom. The summed E-state index contributed by atoms with van der Waals surface area (Å²) in [5.41, 5.74) is 0. The van der Waals surface area contributed by atoms with Crippen LogP contribution in [-0.4, -0.2) is 58.2 Å². The maximum Gasteiger partial charge on any atom is 0.191 e. The molecule has 2 saturated heterocycles. The number of nitrogens with zero attached hydrogens (tertiary/aromatic N) is 1. The van der Waals surface area contributed by atoms with Crippen molar-refractivity contribution in [2.24, 2.45) is 16.8 Å². The number of rotatable bonds is 5. The highest BCUT2D eigenvalue weighted by Crippen LogP contribution is 2.23. The minimum Gasteiger partial charge on any atom is -0.381 e. The Hall–Kier alpha value is -0.820. The lowest BCUT2D eigenvalue weighted by atomic mass is 9.89. The van der Waals surface area contributed by atoms with Gasteiger partial charge in [-0.05, 0) is 43.9 Å². The van der Waals surface area contributed by atoms with Gasteiger partial charge in [0, 0.05) is 32.3 Å². The molecule has 2 aliphatic heterocycles. The maximum atomic E-state index is 11.6. The number of guanidine groups is 1. The van der Waals surface area contributed by atoms with Crippen LogP contribution in [0.4, 0.5) is 0 Å². The van der Waals surface area contributed by atoms with Crippen molar-refractivity contribution in [3.05, 3.63) is 0 Å². The summed E-state index contributed by atoms with van der Waals surface area (Å²) >= 11 is 0. The third-order valence-corrected chi connectivity index (χ3v) is 7.52. The Kier molecular flexibility index (Phi) is 6.99. The van der Waals surface area contributed by atoms with Gasteiger partial charge in [0.2, 0.25) is 0 Å². The van der Waals surface area contributed by atoms with E-state index in [2.05, 4.69) is 10.6 Å². The van der Waals surface area contributed by atoms with Crippen LogP contribution >= 0.6 is 0 Å². The van der Waals surface area contributed by atoms with Crippen LogP contribution in [0.25, 0.3) is 0 Å². The van der Waals surface area contributed by atoms with Crippen LogP contribution in [0.3, 0.4) is 0 Å². The number of hydrogen-bond acceptors (Lipinski definition) is 4. The molecule has 144 valence electrons. The number of sulfone groups is 1. The number of hydrogen-bond donors (Lipinski definition) is 2. The zero-order valence-electron chi connectivity index (χ0n) is 15.2. The molecule has 0 spiro atoms. The minimum absolute atomic E-state index is 0.174. The number of nitrogens with one attached hydrogen (secondary N) is 2. The van der Waals surface area contributed by atoms with E-state index in [1.165, 1.54) is 32.1 Å². The van der Waals surface area contributed by atoms with Crippen LogP contribution in [0.15, 0.2) is 4.99 Å². The third-order valence-electron chi connectivity index (χ3n) is 5.68. The number of aliphatic imine (C=N–C) groups is 1. The molecule has 2 N–H and O–H groups in total. The number of ether oxygens (including phenoxy) is 1. The van der Waals surface area contributed by atoms with Gasteiger partial charge in [0.1, 0.15) is 0 Å². The standard InChI is InChI=1S/C18H33N3O3S/c22-25(23)11-8-16(14-25)13-20-18(21-17-6-9-24-10-7-17)19-12-15-4-2-1-3-5-15/h15-17H,1-14H2,(H2,19,20,21). The predicted molar refractivity (Wildman–Crippen MR) is 101 cm³/mol. The van der Waals surface area contributed by atoms with Gasteiger partial charge in [0.25, 0.3) is 0 Å². The molecule has 0 bridgehead atoms. The van der Waals surface area contributed by atoms with Gasteiger partial charge >= 0.3 is 0 Å². The fraction of sp³-hybridized carbons (Fsp3) is 0.944. The molecular weight excluding hydrogens is 338 g/mol. The molecule has 25 heavy (non-hydrogen) atoms. The third kappa shape index (κ3) is 6.44. The van der Waals surface area contributed by atoms with E-state index >= 15 is 0 Å². The van der Waals surface area contributed by atoms with Gasteiger partial charge in [-0.3, -0.25) is 4.99 Å². The lowest BCUT2D eigenvalue weighted by Gasteiger charge is -2.27. The summed E-state index contributed by atoms with van der Waals surface area (Å²) in [5, 5.41) is 7.08. The van der Waals surface area contributed by atoms with Gasteiger partial charge in [-0.2, -0.15) is 0 Å². The molecule has 1 atom stereocenters. The summed E-state index contributed by atoms with van der Waals surface area (Å²) in [6.45, 7) is 3.17. The molecule has 7 heteroatoms. The van der Waals surface area contributed by atoms with Crippen LogP contribution < -0.4 is 10.6 Å². The van der Waals surface area contributed by atoms with E-state index in [0.29, 0.717) is 24.1 Å². The largest absolute Gasteiger partial charge is 0.381 e. The lowest BCUT2D eigenvalue weighted by Crippen LogP contribution is -2.47. The molecule has 0 amide bonds. The van der Waals surface area contributed by atoms with Crippen molar-refractivity contribution in [3.63, 3.8) is 0 Å². The topological polar surface area (TPSA) is 79.8 Å². The van der Waals surface area contributed by atoms with Crippen molar-refractivity contribution in [3.8, 4) is 0 Å². The lowest BCUT2D eigenvalue weighted by molar-refractivity contribution is 0.0822. The average molecular weight is 372 g/mol. The SMILES string of the molecule is O=S1(=O)CCC(CN=C(NCC2CCCCC2)NC2CCOCC2)C1. The Bertz CT molecular complexity index is 538. The molecule has 3 fully saturated rings. The highest BCUT2D eigenvalue weighted by molar-refractivity contribution is 7.91. The summed E-state index contributed by atoms with van der Waals surface area (Å²) in [7, 11) is -2.83. The predicted octanol–water partition coefficient (Wildman–Crippen LogP) is 1.72. The average Bonchev–Trinajstić information content (AvgIpc) is 2.98. The Balaban J connectivity index is 1.53. The van der Waals surface area contributed by atoms with Crippen molar-refractivity contribution in [2.45, 2.75) is 57.4 Å². The zero-order chi connectivity index (χ0) is 17.5. The van der Waals surface area contributed by atoms with Crippen LogP contribution in [0.2, 0.25) is 0 Å². The second-order valence-corrected chi connectivity index (χ2v) is 10.1. The van der Waals surface area contributed by atoms with Crippen LogP contribution in [0.1, 0.15) is 51.4 Å². The molecule has 1 unspecified atom stereocenters. The van der Waals surface area contributed by atoms with E-state index in [0.717, 1.165) is 50.9 Å². The summed E-state index contributed by atoms with van der Waals surface area (Å²) in [6, 6.07) is 0.402. The second-order valence-electron chi connectivity index (χ2n) is 7.87. The van der Waals surface area contributed by atoms with Crippen molar-refractivity contribution >= 4 is 15.8 Å². The molecular formula is C18H33N3O3S. The van der Waals surface area contributed by atoms with Crippen LogP contribution in [0, 0.1) is 11.8 Å². The quantitative estimate of drug-likeness (QED) is 0.568. The van der Waals surface area contributed by atoms with Crippen LogP contribution in [-0.2, 0) is 14.6 Å². The van der Waals surface area contributed by atoms with E-state index in [-0.39, 0.29) is 5.92 Å². The summed E-state index contributed by atoms with van der Waals surface area (Å²) in [5.74, 6) is 2.40. The first-order valence-electron chi connectivity index (χ1n) is 9.94. The zero-order valence-corrected chi connectivity index (χ0v) is 16.0. The molecule has 0 radical (unpaired) electrons.